The fraction of sp³-hybridized carbons (Fsp3) is 0.846. The van der Waals surface area contributed by atoms with E-state index in [4.69, 9.17) is 18.9 Å². The van der Waals surface area contributed by atoms with Crippen LogP contribution in [0.3, 0.4) is 0 Å². The van der Waals surface area contributed by atoms with Crippen LogP contribution in [0.5, 0.6) is 0 Å². The van der Waals surface area contributed by atoms with Gasteiger partial charge in [-0.15, -0.1) is 0 Å². The lowest BCUT2D eigenvalue weighted by atomic mass is 9.86. The smallest absolute Gasteiger partial charge is 0.304 e. The standard InChI is InChI=1S/C13H22O6/c1-7-11(6-17-9(3)14)19-13(18-10(4)15)8(2)12(7)16-5/h7-8,11-13H,6H2,1-5H3/t7-,8?,11?,12-,13+/m1/s1. The number of ether oxygens (including phenoxy) is 4. The van der Waals surface area contributed by atoms with Crippen molar-refractivity contribution in [2.45, 2.75) is 46.2 Å². The van der Waals surface area contributed by atoms with Gasteiger partial charge in [-0.3, -0.25) is 9.59 Å². The van der Waals surface area contributed by atoms with E-state index in [1.54, 1.807) is 7.11 Å². The van der Waals surface area contributed by atoms with Crippen LogP contribution in [0.25, 0.3) is 0 Å². The van der Waals surface area contributed by atoms with Crippen LogP contribution < -0.4 is 0 Å². The van der Waals surface area contributed by atoms with E-state index < -0.39 is 12.3 Å². The lowest BCUT2D eigenvalue weighted by Gasteiger charge is -2.43. The minimum atomic E-state index is -0.681. The lowest BCUT2D eigenvalue weighted by molar-refractivity contribution is -0.263. The largest absolute Gasteiger partial charge is 0.463 e. The van der Waals surface area contributed by atoms with E-state index in [0.29, 0.717) is 0 Å². The average Bonchev–Trinajstić information content (AvgIpc) is 2.31. The Morgan fingerprint density at radius 2 is 1.74 bits per heavy atom. The average molecular weight is 274 g/mol. The summed E-state index contributed by atoms with van der Waals surface area (Å²) in [6, 6.07) is 0. The molecule has 1 saturated heterocycles. The second kappa shape index (κ2) is 6.86. The molecule has 1 heterocycles. The summed E-state index contributed by atoms with van der Waals surface area (Å²) >= 11 is 0. The molecule has 0 aromatic carbocycles. The summed E-state index contributed by atoms with van der Waals surface area (Å²) < 4.78 is 21.3. The van der Waals surface area contributed by atoms with Crippen LogP contribution in [0.1, 0.15) is 27.7 Å². The molecule has 0 amide bonds. The SMILES string of the molecule is CO[C@H]1C(C)[C@@H](OC(C)=O)OC(COC(C)=O)[C@H]1C. The van der Waals surface area contributed by atoms with Crippen LogP contribution in [-0.2, 0) is 28.5 Å². The van der Waals surface area contributed by atoms with Crippen molar-refractivity contribution in [1.82, 2.24) is 0 Å². The van der Waals surface area contributed by atoms with Gasteiger partial charge in [0.2, 0.25) is 6.29 Å². The second-order valence-electron chi connectivity index (χ2n) is 4.87. The van der Waals surface area contributed by atoms with Crippen LogP contribution in [0.15, 0.2) is 0 Å². The summed E-state index contributed by atoms with van der Waals surface area (Å²) in [5, 5.41) is 0. The third kappa shape index (κ3) is 4.18. The van der Waals surface area contributed by atoms with Crippen LogP contribution >= 0.6 is 0 Å². The molecule has 0 spiro atoms. The van der Waals surface area contributed by atoms with Crippen molar-refractivity contribution < 1.29 is 28.5 Å². The molecule has 0 saturated carbocycles. The third-order valence-corrected chi connectivity index (χ3v) is 3.37. The van der Waals surface area contributed by atoms with Crippen molar-refractivity contribution >= 4 is 11.9 Å². The van der Waals surface area contributed by atoms with Gasteiger partial charge in [-0.1, -0.05) is 13.8 Å². The highest BCUT2D eigenvalue weighted by Crippen LogP contribution is 2.32. The highest BCUT2D eigenvalue weighted by Gasteiger charge is 2.43. The van der Waals surface area contributed by atoms with Crippen LogP contribution in [0.4, 0.5) is 0 Å². The molecule has 0 aliphatic carbocycles. The van der Waals surface area contributed by atoms with Gasteiger partial charge in [0.1, 0.15) is 12.7 Å². The molecule has 0 aromatic heterocycles. The fourth-order valence-electron chi connectivity index (χ4n) is 2.38. The van der Waals surface area contributed by atoms with Crippen molar-refractivity contribution in [1.29, 1.82) is 0 Å². The van der Waals surface area contributed by atoms with E-state index in [1.165, 1.54) is 13.8 Å². The van der Waals surface area contributed by atoms with Gasteiger partial charge in [0.25, 0.3) is 0 Å². The number of hydrogen-bond donors (Lipinski definition) is 0. The van der Waals surface area contributed by atoms with Crippen molar-refractivity contribution in [2.24, 2.45) is 11.8 Å². The van der Waals surface area contributed by atoms with Gasteiger partial charge in [-0.05, 0) is 0 Å². The molecular formula is C13H22O6. The van der Waals surface area contributed by atoms with Crippen molar-refractivity contribution in [3.8, 4) is 0 Å². The number of rotatable bonds is 4. The van der Waals surface area contributed by atoms with Crippen LogP contribution in [0, 0.1) is 11.8 Å². The molecule has 0 N–H and O–H groups in total. The van der Waals surface area contributed by atoms with Gasteiger partial charge in [-0.25, -0.2) is 0 Å². The van der Waals surface area contributed by atoms with Crippen LogP contribution in [-0.4, -0.2) is 44.2 Å². The first-order valence-corrected chi connectivity index (χ1v) is 6.35. The molecule has 1 aliphatic rings. The molecule has 0 aromatic rings. The van der Waals surface area contributed by atoms with Crippen molar-refractivity contribution in [2.75, 3.05) is 13.7 Å². The molecule has 1 aliphatic heterocycles. The summed E-state index contributed by atoms with van der Waals surface area (Å²) in [4.78, 5) is 22.0. The molecular weight excluding hydrogens is 252 g/mol. The molecule has 1 rings (SSSR count). The van der Waals surface area contributed by atoms with E-state index in [9.17, 15) is 9.59 Å². The summed E-state index contributed by atoms with van der Waals surface area (Å²) in [5.41, 5.74) is 0. The van der Waals surface area contributed by atoms with Gasteiger partial charge < -0.3 is 18.9 Å². The molecule has 2 unspecified atom stereocenters. The second-order valence-corrected chi connectivity index (χ2v) is 4.87. The van der Waals surface area contributed by atoms with E-state index in [1.807, 2.05) is 13.8 Å². The molecule has 6 nitrogen and oxygen atoms in total. The van der Waals surface area contributed by atoms with Crippen molar-refractivity contribution in [3.05, 3.63) is 0 Å². The third-order valence-electron chi connectivity index (χ3n) is 3.37. The Morgan fingerprint density at radius 1 is 1.11 bits per heavy atom. The Balaban J connectivity index is 2.75. The predicted octanol–water partition coefficient (Wildman–Crippen LogP) is 1.12. The topological polar surface area (TPSA) is 71.1 Å². The zero-order valence-electron chi connectivity index (χ0n) is 12.0. The van der Waals surface area contributed by atoms with E-state index in [2.05, 4.69) is 0 Å². The molecule has 5 atom stereocenters. The monoisotopic (exact) mass is 274 g/mol. The first-order chi connectivity index (χ1) is 8.86. The Hall–Kier alpha value is -1.14. The number of carbonyl (C=O) groups is 2. The summed E-state index contributed by atoms with van der Waals surface area (Å²) in [6.45, 7) is 6.66. The Labute approximate surface area is 113 Å². The molecule has 0 radical (unpaired) electrons. The van der Waals surface area contributed by atoms with E-state index >= 15 is 0 Å². The maximum atomic E-state index is 11.1. The predicted molar refractivity (Wildman–Crippen MR) is 66.2 cm³/mol. The zero-order chi connectivity index (χ0) is 14.6. The number of esters is 2. The maximum Gasteiger partial charge on any atom is 0.304 e. The maximum absolute atomic E-state index is 11.1. The Kier molecular flexibility index (Phi) is 5.75. The van der Waals surface area contributed by atoms with Crippen LogP contribution in [0.2, 0.25) is 0 Å². The number of hydrogen-bond acceptors (Lipinski definition) is 6. The van der Waals surface area contributed by atoms with Gasteiger partial charge in [-0.2, -0.15) is 0 Å². The minimum absolute atomic E-state index is 0.0335. The fourth-order valence-corrected chi connectivity index (χ4v) is 2.38. The number of carbonyl (C=O) groups excluding carboxylic acids is 2. The van der Waals surface area contributed by atoms with Gasteiger partial charge in [0, 0.05) is 32.8 Å². The highest BCUT2D eigenvalue weighted by atomic mass is 16.7. The summed E-state index contributed by atoms with van der Waals surface area (Å²) in [7, 11) is 1.61. The molecule has 6 heteroatoms. The van der Waals surface area contributed by atoms with E-state index in [-0.39, 0.29) is 36.6 Å². The van der Waals surface area contributed by atoms with Gasteiger partial charge in [0.05, 0.1) is 6.10 Å². The number of methoxy groups -OCH3 is 1. The van der Waals surface area contributed by atoms with E-state index in [0.717, 1.165) is 0 Å². The normalized spacial score (nSPS) is 34.7. The lowest BCUT2D eigenvalue weighted by Crippen LogP contribution is -2.52. The minimum Gasteiger partial charge on any atom is -0.463 e. The first-order valence-electron chi connectivity index (χ1n) is 6.35. The Morgan fingerprint density at radius 3 is 2.21 bits per heavy atom. The highest BCUT2D eigenvalue weighted by molar-refractivity contribution is 5.66. The zero-order valence-corrected chi connectivity index (χ0v) is 12.0. The van der Waals surface area contributed by atoms with Gasteiger partial charge >= 0.3 is 11.9 Å². The van der Waals surface area contributed by atoms with Crippen molar-refractivity contribution in [3.63, 3.8) is 0 Å². The van der Waals surface area contributed by atoms with Gasteiger partial charge in [0.15, 0.2) is 0 Å². The first kappa shape index (κ1) is 15.9. The summed E-state index contributed by atoms with van der Waals surface area (Å²) in [5.74, 6) is -0.830. The molecule has 110 valence electrons. The summed E-state index contributed by atoms with van der Waals surface area (Å²) in [6.07, 6.45) is -1.16. The molecule has 0 bridgehead atoms. The Bertz CT molecular complexity index is 329. The molecule has 1 fully saturated rings. The quantitative estimate of drug-likeness (QED) is 0.716. The molecule has 19 heavy (non-hydrogen) atoms.